The minimum Gasteiger partial charge on any atom is -0.395 e. The molecule has 0 amide bonds. The first-order valence-electron chi connectivity index (χ1n) is 8.86. The van der Waals surface area contributed by atoms with Crippen molar-refractivity contribution in [3.8, 4) is 11.1 Å². The number of aliphatic hydroxyl groups is 1. The molecule has 1 fully saturated rings. The van der Waals surface area contributed by atoms with E-state index in [0.717, 1.165) is 39.1 Å². The van der Waals surface area contributed by atoms with Crippen LogP contribution in [0, 0.1) is 0 Å². The molecule has 1 aromatic carbocycles. The van der Waals surface area contributed by atoms with Gasteiger partial charge in [-0.05, 0) is 41.3 Å². The molecule has 2 aromatic rings. The Balaban J connectivity index is 1.60. The van der Waals surface area contributed by atoms with Gasteiger partial charge in [0.2, 0.25) is 0 Å². The van der Waals surface area contributed by atoms with E-state index in [1.807, 2.05) is 12.4 Å². The first kappa shape index (κ1) is 17.1. The van der Waals surface area contributed by atoms with Crippen molar-refractivity contribution in [3.63, 3.8) is 0 Å². The molecule has 2 heterocycles. The molecule has 1 saturated heterocycles. The average Bonchev–Trinajstić information content (AvgIpc) is 2.65. The van der Waals surface area contributed by atoms with Crippen molar-refractivity contribution >= 4 is 0 Å². The Morgan fingerprint density at radius 3 is 2.46 bits per heavy atom. The van der Waals surface area contributed by atoms with Crippen LogP contribution < -0.4 is 0 Å². The molecule has 1 aromatic heterocycles. The Labute approximate surface area is 144 Å². The number of pyridine rings is 1. The van der Waals surface area contributed by atoms with E-state index in [2.05, 4.69) is 58.1 Å². The van der Waals surface area contributed by atoms with E-state index >= 15 is 0 Å². The van der Waals surface area contributed by atoms with Crippen molar-refractivity contribution in [2.45, 2.75) is 25.9 Å². The molecule has 24 heavy (non-hydrogen) atoms. The third kappa shape index (κ3) is 4.20. The molecule has 4 nitrogen and oxygen atoms in total. The van der Waals surface area contributed by atoms with E-state index in [4.69, 9.17) is 0 Å². The first-order valence-corrected chi connectivity index (χ1v) is 8.86. The zero-order valence-electron chi connectivity index (χ0n) is 14.4. The summed E-state index contributed by atoms with van der Waals surface area (Å²) < 4.78 is 0. The standard InChI is InChI=1S/C20H27N3O/c1-2-20(16-24)23-12-10-22(11-13-23)15-17-4-3-5-19(14-17)18-6-8-21-9-7-18/h3-9,14,20,24H,2,10-13,15-16H2,1H3. The van der Waals surface area contributed by atoms with E-state index < -0.39 is 0 Å². The summed E-state index contributed by atoms with van der Waals surface area (Å²) >= 11 is 0. The SMILES string of the molecule is CCC(CO)N1CCN(Cc2cccc(-c3ccncc3)c2)CC1. The second kappa shape index (κ2) is 8.38. The number of hydrogen-bond donors (Lipinski definition) is 1. The number of nitrogens with zero attached hydrogens (tertiary/aromatic N) is 3. The molecule has 1 aliphatic rings. The van der Waals surface area contributed by atoms with Crippen molar-refractivity contribution < 1.29 is 5.11 Å². The van der Waals surface area contributed by atoms with Crippen molar-refractivity contribution in [2.75, 3.05) is 32.8 Å². The van der Waals surface area contributed by atoms with E-state index in [1.165, 1.54) is 16.7 Å². The highest BCUT2D eigenvalue weighted by atomic mass is 16.3. The van der Waals surface area contributed by atoms with Gasteiger partial charge in [0.1, 0.15) is 0 Å². The third-order valence-electron chi connectivity index (χ3n) is 4.95. The highest BCUT2D eigenvalue weighted by molar-refractivity contribution is 5.63. The van der Waals surface area contributed by atoms with Crippen molar-refractivity contribution in [2.24, 2.45) is 0 Å². The molecule has 0 radical (unpaired) electrons. The van der Waals surface area contributed by atoms with E-state index in [-0.39, 0.29) is 6.61 Å². The zero-order chi connectivity index (χ0) is 16.8. The molecule has 128 valence electrons. The Hall–Kier alpha value is -1.75. The van der Waals surface area contributed by atoms with Gasteiger partial charge in [0.15, 0.2) is 0 Å². The number of aliphatic hydroxyl groups excluding tert-OH is 1. The minimum absolute atomic E-state index is 0.268. The maximum atomic E-state index is 9.46. The van der Waals surface area contributed by atoms with Crippen LogP contribution in [0.15, 0.2) is 48.8 Å². The molecule has 0 aliphatic carbocycles. The molecule has 4 heteroatoms. The Kier molecular flexibility index (Phi) is 5.96. The topological polar surface area (TPSA) is 39.6 Å². The van der Waals surface area contributed by atoms with Gasteiger partial charge in [0.25, 0.3) is 0 Å². The zero-order valence-corrected chi connectivity index (χ0v) is 14.4. The van der Waals surface area contributed by atoms with Crippen LogP contribution in [0.25, 0.3) is 11.1 Å². The molecule has 0 saturated carbocycles. The number of hydrogen-bond acceptors (Lipinski definition) is 4. The molecule has 1 unspecified atom stereocenters. The molecule has 1 aliphatic heterocycles. The maximum Gasteiger partial charge on any atom is 0.0586 e. The van der Waals surface area contributed by atoms with Crippen LogP contribution in [0.4, 0.5) is 0 Å². The Morgan fingerprint density at radius 2 is 1.79 bits per heavy atom. The Morgan fingerprint density at radius 1 is 1.04 bits per heavy atom. The lowest BCUT2D eigenvalue weighted by Crippen LogP contribution is -2.50. The third-order valence-corrected chi connectivity index (χ3v) is 4.95. The highest BCUT2D eigenvalue weighted by Gasteiger charge is 2.22. The van der Waals surface area contributed by atoms with Gasteiger partial charge in [-0.2, -0.15) is 0 Å². The van der Waals surface area contributed by atoms with Gasteiger partial charge in [-0.3, -0.25) is 14.8 Å². The van der Waals surface area contributed by atoms with Crippen molar-refractivity contribution in [1.82, 2.24) is 14.8 Å². The Bertz CT molecular complexity index is 620. The number of aromatic nitrogens is 1. The summed E-state index contributed by atoms with van der Waals surface area (Å²) in [5.74, 6) is 0. The van der Waals surface area contributed by atoms with Gasteiger partial charge in [0.05, 0.1) is 6.61 Å². The van der Waals surface area contributed by atoms with Crippen molar-refractivity contribution in [3.05, 3.63) is 54.4 Å². The molecule has 3 rings (SSSR count). The van der Waals surface area contributed by atoms with Crippen molar-refractivity contribution in [1.29, 1.82) is 0 Å². The minimum atomic E-state index is 0.268. The summed E-state index contributed by atoms with van der Waals surface area (Å²) in [6.07, 6.45) is 4.70. The first-order chi connectivity index (χ1) is 11.8. The summed E-state index contributed by atoms with van der Waals surface area (Å²) in [4.78, 5) is 9.02. The lowest BCUT2D eigenvalue weighted by molar-refractivity contribution is 0.0608. The molecular formula is C20H27N3O. The smallest absolute Gasteiger partial charge is 0.0586 e. The fourth-order valence-electron chi connectivity index (χ4n) is 3.44. The summed E-state index contributed by atoms with van der Waals surface area (Å²) in [6.45, 7) is 7.63. The van der Waals surface area contributed by atoms with Gasteiger partial charge in [-0.25, -0.2) is 0 Å². The summed E-state index contributed by atoms with van der Waals surface area (Å²) in [5.41, 5.74) is 3.82. The van der Waals surface area contributed by atoms with E-state index in [1.54, 1.807) is 0 Å². The monoisotopic (exact) mass is 325 g/mol. The van der Waals surface area contributed by atoms with Gasteiger partial charge in [0, 0.05) is 51.2 Å². The summed E-state index contributed by atoms with van der Waals surface area (Å²) in [6, 6.07) is 13.2. The number of benzene rings is 1. The van der Waals surface area contributed by atoms with Gasteiger partial charge < -0.3 is 5.11 Å². The second-order valence-corrected chi connectivity index (χ2v) is 6.49. The molecular weight excluding hydrogens is 298 g/mol. The maximum absolute atomic E-state index is 9.46. The lowest BCUT2D eigenvalue weighted by atomic mass is 10.0. The van der Waals surface area contributed by atoms with Crippen LogP contribution in [-0.2, 0) is 6.54 Å². The second-order valence-electron chi connectivity index (χ2n) is 6.49. The van der Waals surface area contributed by atoms with Crippen LogP contribution in [0.2, 0.25) is 0 Å². The van der Waals surface area contributed by atoms with Crippen LogP contribution in [-0.4, -0.2) is 58.7 Å². The van der Waals surface area contributed by atoms with Crippen LogP contribution in [0.1, 0.15) is 18.9 Å². The normalized spacial score (nSPS) is 17.8. The predicted molar refractivity (Wildman–Crippen MR) is 97.7 cm³/mol. The predicted octanol–water partition coefficient (Wildman–Crippen LogP) is 2.64. The van der Waals surface area contributed by atoms with Gasteiger partial charge >= 0.3 is 0 Å². The summed E-state index contributed by atoms with van der Waals surface area (Å²) in [5, 5.41) is 9.46. The molecule has 1 N–H and O–H groups in total. The quantitative estimate of drug-likeness (QED) is 0.886. The lowest BCUT2D eigenvalue weighted by Gasteiger charge is -2.38. The van der Waals surface area contributed by atoms with E-state index in [9.17, 15) is 5.11 Å². The fourth-order valence-corrected chi connectivity index (χ4v) is 3.44. The molecule has 0 bridgehead atoms. The summed E-state index contributed by atoms with van der Waals surface area (Å²) in [7, 11) is 0. The van der Waals surface area contributed by atoms with Crippen LogP contribution in [0.5, 0.6) is 0 Å². The van der Waals surface area contributed by atoms with Crippen LogP contribution in [0.3, 0.4) is 0 Å². The van der Waals surface area contributed by atoms with Gasteiger partial charge in [-0.15, -0.1) is 0 Å². The molecule has 1 atom stereocenters. The fraction of sp³-hybridized carbons (Fsp3) is 0.450. The molecule has 0 spiro atoms. The highest BCUT2D eigenvalue weighted by Crippen LogP contribution is 2.20. The van der Waals surface area contributed by atoms with E-state index in [0.29, 0.717) is 6.04 Å². The van der Waals surface area contributed by atoms with Crippen LogP contribution >= 0.6 is 0 Å². The van der Waals surface area contributed by atoms with Gasteiger partial charge in [-0.1, -0.05) is 25.1 Å². The average molecular weight is 325 g/mol. The number of piperazine rings is 1. The largest absolute Gasteiger partial charge is 0.395 e. The number of rotatable bonds is 6.